The molecule has 0 aliphatic carbocycles. The third-order valence-electron chi connectivity index (χ3n) is 2.10. The van der Waals surface area contributed by atoms with Gasteiger partial charge >= 0.3 is 5.97 Å². The van der Waals surface area contributed by atoms with Crippen molar-refractivity contribution in [1.29, 1.82) is 0 Å². The molecule has 92 valence electrons. The zero-order valence-electron chi connectivity index (χ0n) is 9.04. The summed E-state index contributed by atoms with van der Waals surface area (Å²) >= 11 is 6.67. The van der Waals surface area contributed by atoms with Crippen LogP contribution in [0.5, 0.6) is 0 Å². The smallest absolute Gasteiger partial charge is 0.305 e. The minimum absolute atomic E-state index is 0.145. The number of carbonyl (C=O) groups is 2. The molecule has 1 rings (SSSR count). The van der Waals surface area contributed by atoms with E-state index in [1.165, 1.54) is 6.92 Å². The van der Waals surface area contributed by atoms with E-state index in [1.54, 1.807) is 18.2 Å². The highest BCUT2D eigenvalue weighted by Crippen LogP contribution is 2.27. The van der Waals surface area contributed by atoms with Crippen molar-refractivity contribution in [2.24, 2.45) is 0 Å². The third-order valence-corrected chi connectivity index (χ3v) is 3.98. The summed E-state index contributed by atoms with van der Waals surface area (Å²) in [7, 11) is 0. The summed E-state index contributed by atoms with van der Waals surface area (Å²) in [5.74, 6) is -1.21. The maximum Gasteiger partial charge on any atom is 0.305 e. The van der Waals surface area contributed by atoms with Crippen molar-refractivity contribution in [2.45, 2.75) is 19.4 Å². The molecule has 1 aromatic carbocycles. The Morgan fingerprint density at radius 3 is 2.47 bits per heavy atom. The van der Waals surface area contributed by atoms with Crippen LogP contribution in [-0.2, 0) is 9.59 Å². The fourth-order valence-electron chi connectivity index (χ4n) is 1.40. The third kappa shape index (κ3) is 4.47. The zero-order chi connectivity index (χ0) is 13.0. The number of hydrogen-bond acceptors (Lipinski definition) is 2. The van der Waals surface area contributed by atoms with E-state index in [-0.39, 0.29) is 12.3 Å². The minimum atomic E-state index is -0.956. The van der Waals surface area contributed by atoms with Gasteiger partial charge in [0.05, 0.1) is 12.5 Å². The Bertz CT molecular complexity index is 432. The minimum Gasteiger partial charge on any atom is -0.481 e. The molecule has 0 aliphatic rings. The molecule has 1 atom stereocenters. The molecule has 0 bridgehead atoms. The number of rotatable bonds is 4. The Morgan fingerprint density at radius 1 is 1.35 bits per heavy atom. The lowest BCUT2D eigenvalue weighted by molar-refractivity contribution is -0.137. The summed E-state index contributed by atoms with van der Waals surface area (Å²) in [4.78, 5) is 21.8. The normalized spacial score (nSPS) is 11.9. The zero-order valence-corrected chi connectivity index (χ0v) is 12.2. The first kappa shape index (κ1) is 14.2. The molecule has 0 fully saturated rings. The van der Waals surface area contributed by atoms with E-state index in [1.807, 2.05) is 0 Å². The topological polar surface area (TPSA) is 66.4 Å². The number of aliphatic carboxylic acids is 1. The van der Waals surface area contributed by atoms with Gasteiger partial charge in [-0.1, -0.05) is 6.07 Å². The van der Waals surface area contributed by atoms with Crippen LogP contribution < -0.4 is 5.32 Å². The number of amides is 1. The standard InChI is InChI=1S/C11H11Br2NO3/c1-6(15)14-10(5-11(16)17)7-2-3-8(12)9(13)4-7/h2-4,10H,5H2,1H3,(H,14,15)(H,16,17). The van der Waals surface area contributed by atoms with Crippen LogP contribution in [0.25, 0.3) is 0 Å². The summed E-state index contributed by atoms with van der Waals surface area (Å²) in [6.45, 7) is 1.36. The number of benzene rings is 1. The van der Waals surface area contributed by atoms with Crippen LogP contribution in [0.1, 0.15) is 24.9 Å². The van der Waals surface area contributed by atoms with E-state index in [2.05, 4.69) is 37.2 Å². The molecule has 1 unspecified atom stereocenters. The maximum atomic E-state index is 11.0. The van der Waals surface area contributed by atoms with Crippen molar-refractivity contribution in [2.75, 3.05) is 0 Å². The lowest BCUT2D eigenvalue weighted by Gasteiger charge is -2.16. The van der Waals surface area contributed by atoms with Gasteiger partial charge in [0.15, 0.2) is 0 Å². The quantitative estimate of drug-likeness (QED) is 0.863. The summed E-state index contributed by atoms with van der Waals surface area (Å²) < 4.78 is 1.69. The maximum absolute atomic E-state index is 11.0. The van der Waals surface area contributed by atoms with E-state index in [9.17, 15) is 9.59 Å². The summed E-state index contributed by atoms with van der Waals surface area (Å²) in [6, 6.07) is 4.84. The Balaban J connectivity index is 2.98. The van der Waals surface area contributed by atoms with Gasteiger partial charge in [0.1, 0.15) is 0 Å². The van der Waals surface area contributed by atoms with Crippen LogP contribution in [-0.4, -0.2) is 17.0 Å². The van der Waals surface area contributed by atoms with Gasteiger partial charge in [-0.2, -0.15) is 0 Å². The highest BCUT2D eigenvalue weighted by atomic mass is 79.9. The van der Waals surface area contributed by atoms with Gasteiger partial charge in [-0.15, -0.1) is 0 Å². The van der Waals surface area contributed by atoms with Crippen molar-refractivity contribution in [1.82, 2.24) is 5.32 Å². The van der Waals surface area contributed by atoms with Crippen LogP contribution in [0, 0.1) is 0 Å². The molecule has 0 saturated carbocycles. The van der Waals surface area contributed by atoms with E-state index in [0.717, 1.165) is 14.5 Å². The number of nitrogens with one attached hydrogen (secondary N) is 1. The second kappa shape index (κ2) is 6.16. The van der Waals surface area contributed by atoms with Crippen LogP contribution in [0.4, 0.5) is 0 Å². The molecule has 0 spiro atoms. The van der Waals surface area contributed by atoms with E-state index in [4.69, 9.17) is 5.11 Å². The van der Waals surface area contributed by atoms with E-state index >= 15 is 0 Å². The lowest BCUT2D eigenvalue weighted by Crippen LogP contribution is -2.28. The van der Waals surface area contributed by atoms with E-state index < -0.39 is 12.0 Å². The summed E-state index contributed by atoms with van der Waals surface area (Å²) in [5, 5.41) is 11.4. The van der Waals surface area contributed by atoms with Crippen molar-refractivity contribution >= 4 is 43.7 Å². The number of carboxylic acid groups (broad SMARTS) is 1. The largest absolute Gasteiger partial charge is 0.481 e. The second-order valence-electron chi connectivity index (χ2n) is 3.52. The average Bonchev–Trinajstić information content (AvgIpc) is 2.19. The van der Waals surface area contributed by atoms with Gasteiger partial charge in [0, 0.05) is 15.9 Å². The lowest BCUT2D eigenvalue weighted by atomic mass is 10.0. The van der Waals surface area contributed by atoms with E-state index in [0.29, 0.717) is 0 Å². The molecule has 0 aliphatic heterocycles. The summed E-state index contributed by atoms with van der Waals surface area (Å²) in [6.07, 6.45) is -0.145. The molecular formula is C11H11Br2NO3. The Hall–Kier alpha value is -0.880. The Kier molecular flexibility index (Phi) is 5.14. The van der Waals surface area contributed by atoms with Crippen molar-refractivity contribution in [3.8, 4) is 0 Å². The monoisotopic (exact) mass is 363 g/mol. The SMILES string of the molecule is CC(=O)NC(CC(=O)O)c1ccc(Br)c(Br)c1. The fourth-order valence-corrected chi connectivity index (χ4v) is 2.04. The highest BCUT2D eigenvalue weighted by molar-refractivity contribution is 9.13. The first-order valence-electron chi connectivity index (χ1n) is 4.84. The van der Waals surface area contributed by atoms with Gasteiger partial charge in [-0.05, 0) is 49.6 Å². The molecular weight excluding hydrogens is 354 g/mol. The molecule has 1 amide bonds. The van der Waals surface area contributed by atoms with Crippen LogP contribution in [0.15, 0.2) is 27.1 Å². The molecule has 4 nitrogen and oxygen atoms in total. The van der Waals surface area contributed by atoms with Gasteiger partial charge in [-0.25, -0.2) is 0 Å². The molecule has 0 saturated heterocycles. The Morgan fingerprint density at radius 2 is 2.00 bits per heavy atom. The summed E-state index contributed by atoms with van der Waals surface area (Å²) in [5.41, 5.74) is 0.748. The fraction of sp³-hybridized carbons (Fsp3) is 0.273. The second-order valence-corrected chi connectivity index (χ2v) is 5.23. The molecule has 0 radical (unpaired) electrons. The van der Waals surface area contributed by atoms with Gasteiger partial charge in [0.2, 0.25) is 5.91 Å². The van der Waals surface area contributed by atoms with Crippen LogP contribution in [0.2, 0.25) is 0 Å². The molecule has 17 heavy (non-hydrogen) atoms. The van der Waals surface area contributed by atoms with Crippen molar-refractivity contribution in [3.63, 3.8) is 0 Å². The van der Waals surface area contributed by atoms with Crippen LogP contribution >= 0.6 is 31.9 Å². The first-order valence-corrected chi connectivity index (χ1v) is 6.42. The van der Waals surface area contributed by atoms with Crippen molar-refractivity contribution in [3.05, 3.63) is 32.7 Å². The van der Waals surface area contributed by atoms with Crippen molar-refractivity contribution < 1.29 is 14.7 Å². The molecule has 1 aromatic rings. The first-order chi connectivity index (χ1) is 7.90. The Labute approximate surface area is 116 Å². The number of carboxylic acids is 1. The number of carbonyl (C=O) groups excluding carboxylic acids is 1. The number of hydrogen-bond donors (Lipinski definition) is 2. The number of halogens is 2. The van der Waals surface area contributed by atoms with Crippen LogP contribution in [0.3, 0.4) is 0 Å². The average molecular weight is 365 g/mol. The molecule has 2 N–H and O–H groups in total. The van der Waals surface area contributed by atoms with Gasteiger partial charge < -0.3 is 10.4 Å². The predicted octanol–water partition coefficient (Wildman–Crippen LogP) is 2.86. The van der Waals surface area contributed by atoms with Gasteiger partial charge in [0.25, 0.3) is 0 Å². The molecule has 0 heterocycles. The highest BCUT2D eigenvalue weighted by Gasteiger charge is 2.17. The molecule has 0 aromatic heterocycles. The van der Waals surface area contributed by atoms with Gasteiger partial charge in [-0.3, -0.25) is 9.59 Å². The predicted molar refractivity (Wildman–Crippen MR) is 70.7 cm³/mol. The molecule has 6 heteroatoms.